The first-order valence-corrected chi connectivity index (χ1v) is 32.8. The molecule has 15 aromatic rings. The molecule has 0 atom stereocenters. The van der Waals surface area contributed by atoms with E-state index < -0.39 is 0 Å². The summed E-state index contributed by atoms with van der Waals surface area (Å²) in [5, 5.41) is 9.41. The summed E-state index contributed by atoms with van der Waals surface area (Å²) >= 11 is 0. The van der Waals surface area contributed by atoms with Crippen LogP contribution in [0.15, 0.2) is 282 Å². The molecule has 91 heavy (non-hydrogen) atoms. The molecule has 0 radical (unpaired) electrons. The van der Waals surface area contributed by atoms with Crippen molar-refractivity contribution in [2.75, 3.05) is 9.80 Å². The third-order valence-electron chi connectivity index (χ3n) is 20.3. The second kappa shape index (κ2) is 22.1. The molecule has 2 aromatic heterocycles. The third-order valence-corrected chi connectivity index (χ3v) is 20.3. The zero-order valence-electron chi connectivity index (χ0n) is 50.8. The molecule has 2 saturated carbocycles. The van der Waals surface area contributed by atoms with Gasteiger partial charge in [0.2, 0.25) is 0 Å². The van der Waals surface area contributed by atoms with Crippen LogP contribution in [0.5, 0.6) is 0 Å². The second-order valence-electron chi connectivity index (χ2n) is 25.5. The zero-order chi connectivity index (χ0) is 59.9. The summed E-state index contributed by atoms with van der Waals surface area (Å²) in [5.74, 6) is 0.974. The molecule has 2 fully saturated rings. The van der Waals surface area contributed by atoms with Gasteiger partial charge in [0.15, 0.2) is 11.2 Å². The highest BCUT2D eigenvalue weighted by molar-refractivity contribution is 6.21. The minimum Gasteiger partial charge on any atom is -0.454 e. The van der Waals surface area contributed by atoms with E-state index in [1.54, 1.807) is 0 Å². The largest absolute Gasteiger partial charge is 0.454 e. The Labute approximate surface area is 530 Å². The Morgan fingerprint density at radius 3 is 1.23 bits per heavy atom. The quantitative estimate of drug-likeness (QED) is 0.114. The average molecular weight is 1170 g/mol. The summed E-state index contributed by atoms with van der Waals surface area (Å²) in [4.78, 5) is 5.05. The van der Waals surface area contributed by atoms with E-state index in [2.05, 4.69) is 289 Å². The van der Waals surface area contributed by atoms with E-state index in [-0.39, 0.29) is 0 Å². The molecule has 18 rings (SSSR count). The summed E-state index contributed by atoms with van der Waals surface area (Å²) in [6, 6.07) is 99.0. The molecule has 13 aromatic carbocycles. The van der Waals surface area contributed by atoms with Gasteiger partial charge in [-0.3, -0.25) is 0 Å². The van der Waals surface area contributed by atoms with Gasteiger partial charge in [0.25, 0.3) is 0 Å². The number of para-hydroxylation sites is 4. The number of rotatable bonds is 12. The van der Waals surface area contributed by atoms with Crippen molar-refractivity contribution in [1.82, 2.24) is 0 Å². The van der Waals surface area contributed by atoms with Crippen LogP contribution in [0.4, 0.5) is 34.1 Å². The Balaban J connectivity index is 0.916. The molecular formula is C87H66N2O2. The molecule has 0 bridgehead atoms. The van der Waals surface area contributed by atoms with E-state index in [4.69, 9.17) is 8.83 Å². The van der Waals surface area contributed by atoms with Crippen molar-refractivity contribution in [3.8, 4) is 44.5 Å². The maximum atomic E-state index is 7.47. The molecule has 436 valence electrons. The van der Waals surface area contributed by atoms with E-state index in [0.29, 0.717) is 11.8 Å². The Morgan fingerprint density at radius 1 is 0.297 bits per heavy atom. The van der Waals surface area contributed by atoms with Gasteiger partial charge < -0.3 is 18.6 Å². The van der Waals surface area contributed by atoms with Crippen LogP contribution in [0.25, 0.3) is 116 Å². The fourth-order valence-corrected chi connectivity index (χ4v) is 16.0. The topological polar surface area (TPSA) is 32.8 Å². The number of benzene rings is 13. The van der Waals surface area contributed by atoms with Crippen molar-refractivity contribution in [2.24, 2.45) is 0 Å². The fourth-order valence-electron chi connectivity index (χ4n) is 16.0. The summed E-state index contributed by atoms with van der Waals surface area (Å²) in [7, 11) is 0. The van der Waals surface area contributed by atoms with E-state index in [1.165, 1.54) is 112 Å². The number of hydrogen-bond donors (Lipinski definition) is 0. The summed E-state index contributed by atoms with van der Waals surface area (Å²) in [5.41, 5.74) is 24.4. The van der Waals surface area contributed by atoms with Crippen molar-refractivity contribution >= 4 is 106 Å². The van der Waals surface area contributed by atoms with E-state index in [0.717, 1.165) is 113 Å². The van der Waals surface area contributed by atoms with Gasteiger partial charge in [0.1, 0.15) is 11.2 Å². The molecule has 0 saturated heterocycles. The van der Waals surface area contributed by atoms with Crippen molar-refractivity contribution in [1.29, 1.82) is 0 Å². The van der Waals surface area contributed by atoms with Crippen LogP contribution in [-0.2, 0) is 6.42 Å². The molecule has 0 amide bonds. The van der Waals surface area contributed by atoms with Crippen molar-refractivity contribution in [3.63, 3.8) is 0 Å². The molecule has 0 aliphatic heterocycles. The summed E-state index contributed by atoms with van der Waals surface area (Å²) < 4.78 is 14.9. The number of allylic oxidation sites excluding steroid dienone is 1. The van der Waals surface area contributed by atoms with E-state index >= 15 is 0 Å². The van der Waals surface area contributed by atoms with Crippen LogP contribution >= 0.6 is 0 Å². The van der Waals surface area contributed by atoms with E-state index in [9.17, 15) is 0 Å². The number of hydrogen-bond acceptors (Lipinski definition) is 4. The molecule has 0 unspecified atom stereocenters. The van der Waals surface area contributed by atoms with Crippen molar-refractivity contribution in [3.05, 3.63) is 295 Å². The van der Waals surface area contributed by atoms with Gasteiger partial charge in [-0.05, 0) is 159 Å². The molecule has 3 aliphatic rings. The third kappa shape index (κ3) is 8.94. The summed E-state index contributed by atoms with van der Waals surface area (Å²) in [6.45, 7) is 0. The van der Waals surface area contributed by atoms with Crippen molar-refractivity contribution < 1.29 is 8.83 Å². The first kappa shape index (κ1) is 53.4. The Bertz CT molecular complexity index is 5340. The van der Waals surface area contributed by atoms with Gasteiger partial charge in [-0.25, -0.2) is 0 Å². The molecule has 3 aliphatic carbocycles. The monoisotopic (exact) mass is 1170 g/mol. The SMILES string of the molecule is C1=Cc2c(N(c3ccc(-c4ccccc4)cc3-c3ccccc3)c3cccc4c3oc3c(C5CCCC5)cccc34)ccc3ccc4c(N(c5ccc(-c6ccccc6)cc5-c5ccccc5)c5cccc6c5oc5c(C7CCCC7)cccc56)ccc(c4c23)C1. The highest BCUT2D eigenvalue weighted by atomic mass is 16.3. The van der Waals surface area contributed by atoms with Gasteiger partial charge in [0.05, 0.1) is 34.1 Å². The van der Waals surface area contributed by atoms with Crippen molar-refractivity contribution in [2.45, 2.75) is 69.6 Å². The Morgan fingerprint density at radius 2 is 0.725 bits per heavy atom. The number of fused-ring (bicyclic) bond motifs is 6. The minimum absolute atomic E-state index is 0.487. The predicted molar refractivity (Wildman–Crippen MR) is 382 cm³/mol. The van der Waals surface area contributed by atoms with Crippen LogP contribution in [0.2, 0.25) is 0 Å². The van der Waals surface area contributed by atoms with Gasteiger partial charge in [-0.15, -0.1) is 0 Å². The highest BCUT2D eigenvalue weighted by Gasteiger charge is 2.31. The normalized spacial score (nSPS) is 14.3. The van der Waals surface area contributed by atoms with Crippen LogP contribution in [0, 0.1) is 0 Å². The Kier molecular flexibility index (Phi) is 13.0. The molecule has 0 spiro atoms. The fraction of sp³-hybridized carbons (Fsp3) is 0.126. The maximum Gasteiger partial charge on any atom is 0.159 e. The molecule has 2 heterocycles. The lowest BCUT2D eigenvalue weighted by atomic mass is 9.91. The summed E-state index contributed by atoms with van der Waals surface area (Å²) in [6.07, 6.45) is 15.3. The average Bonchev–Trinajstić information content (AvgIpc) is 1.49. The lowest BCUT2D eigenvalue weighted by Crippen LogP contribution is -2.14. The zero-order valence-corrected chi connectivity index (χ0v) is 50.8. The van der Waals surface area contributed by atoms with Crippen LogP contribution in [0.1, 0.15) is 85.5 Å². The highest BCUT2D eigenvalue weighted by Crippen LogP contribution is 2.54. The smallest absolute Gasteiger partial charge is 0.159 e. The van der Waals surface area contributed by atoms with Gasteiger partial charge >= 0.3 is 0 Å². The standard InChI is InChI=1S/C87H66N2O2/c1-5-22-56(23-6-1)64-47-52-78(74(54-64)60-26-9-3-10-27-60)88(80-42-20-39-70-68-37-18-35-66(58-30-13-14-31-58)84(68)90-86(70)80)76-51-46-63-44-49-73-77(50-45-62-34-17-41-72(76)83(63)82(62)73)89(79-53-48-65(57-24-7-2-8-25-57)55-75(79)61-28-11-4-12-29-61)81-43-21-40-71-69-38-19-36-67(59-32-15-16-33-59)85(69)91-87(71)81/h1-12,17-29,35-55,58-59H,13-16,30-34H2. The van der Waals surface area contributed by atoms with Crippen LogP contribution < -0.4 is 9.80 Å². The lowest BCUT2D eigenvalue weighted by molar-refractivity contribution is 0.643. The first-order chi connectivity index (χ1) is 45.2. The Hall–Kier alpha value is -10.7. The number of anilines is 6. The number of furan rings is 2. The van der Waals surface area contributed by atoms with Crippen LogP contribution in [0.3, 0.4) is 0 Å². The maximum absolute atomic E-state index is 7.47. The molecule has 0 N–H and O–H groups in total. The van der Waals surface area contributed by atoms with E-state index in [1.807, 2.05) is 0 Å². The second-order valence-corrected chi connectivity index (χ2v) is 25.5. The first-order valence-electron chi connectivity index (χ1n) is 32.8. The predicted octanol–water partition coefficient (Wildman–Crippen LogP) is 25.3. The molecular weight excluding hydrogens is 1100 g/mol. The molecule has 4 heteroatoms. The lowest BCUT2D eigenvalue weighted by Gasteiger charge is -2.31. The van der Waals surface area contributed by atoms with Gasteiger partial charge in [-0.1, -0.05) is 256 Å². The van der Waals surface area contributed by atoms with Gasteiger partial charge in [-0.2, -0.15) is 0 Å². The van der Waals surface area contributed by atoms with Crippen LogP contribution in [-0.4, -0.2) is 0 Å². The minimum atomic E-state index is 0.487. The molecule has 4 nitrogen and oxygen atoms in total. The van der Waals surface area contributed by atoms with Gasteiger partial charge in [0, 0.05) is 43.6 Å². The number of nitrogens with zero attached hydrogens (tertiary/aromatic N) is 2.